The average Bonchev–Trinajstić information content (AvgIpc) is 1.64. The standard InChI is InChI=1S/2C16H16BrFN2O2.C16H17FN2O2.C11H17BN2O2.C11H19BO2S.C11H12BrFO2.2CH4/c2*1-16(2,3)22-15(21)11-5-4-9(6-13(11)18)12-7-10(17)8-20-14(12)19;1-16(2,3)21-15(20)12-7-6-10(9-13(12)17)11-5-4-8-19-14(11)18;1-10(2)11(3,4)16-12(15-10)8-6-5-7-14-9(8)13;1-10(2)11(3,4)14-12(13-10)9-5-7-15-8-6-9;1-11(2,3)15-10(14)8-5-4-7(12)6-9(8)13;;/h2*4-8H,1-3H3,(H2,19,20);4-9H,1-3H3,(H2,18,19);5-7H,1-4H3,(H2,13,14);5H,6-8H2,1-4H3;4-6H,1-3H3;2*1H4. The van der Waals surface area contributed by atoms with Crippen molar-refractivity contribution in [2.75, 3.05) is 34.4 Å². The lowest BCUT2D eigenvalue weighted by Gasteiger charge is -2.32. The van der Waals surface area contributed by atoms with Crippen LogP contribution < -0.4 is 28.4 Å². The number of anilines is 4. The van der Waals surface area contributed by atoms with E-state index in [1.807, 2.05) is 51.6 Å². The SMILES string of the molecule is C.C.CC(C)(C)OC(=O)c1ccc(-c2cc(Br)cnc2N)cc1F.CC(C)(C)OC(=O)c1ccc(-c2cc(Br)cnc2N)cc1F.CC(C)(C)OC(=O)c1ccc(-c2cccnc2N)cc1F.CC(C)(C)OC(=O)c1ccc(Br)cc1F.CC1(C)OB(C2=CCSCC2)OC1(C)C.CC1(C)OB(c2cccnc2N)OC1(C)C. The smallest absolute Gasteiger partial charge is 0.456 e. The van der Waals surface area contributed by atoms with Gasteiger partial charge in [0.25, 0.3) is 0 Å². The predicted molar refractivity (Wildman–Crippen MR) is 456 cm³/mol. The highest BCUT2D eigenvalue weighted by atomic mass is 79.9. The summed E-state index contributed by atoms with van der Waals surface area (Å²) in [5, 5.41) is 0. The lowest BCUT2D eigenvalue weighted by Crippen LogP contribution is -2.41. The van der Waals surface area contributed by atoms with E-state index in [0.29, 0.717) is 49.5 Å². The molecule has 8 N–H and O–H groups in total. The van der Waals surface area contributed by atoms with Gasteiger partial charge < -0.3 is 60.5 Å². The number of ether oxygens (including phenoxy) is 4. The van der Waals surface area contributed by atoms with Crippen molar-refractivity contribution in [2.45, 2.75) is 205 Å². The third-order valence-electron chi connectivity index (χ3n) is 16.8. The first-order valence-electron chi connectivity index (χ1n) is 35.2. The lowest BCUT2D eigenvalue weighted by molar-refractivity contribution is 0.00518. The van der Waals surface area contributed by atoms with Crippen molar-refractivity contribution in [1.29, 1.82) is 0 Å². The molecule has 2 saturated heterocycles. The number of benzene rings is 4. The van der Waals surface area contributed by atoms with Gasteiger partial charge in [-0.05, 0) is 290 Å². The van der Waals surface area contributed by atoms with Gasteiger partial charge in [-0.2, -0.15) is 11.8 Å². The largest absolute Gasteiger partial charge is 0.498 e. The first-order valence-corrected chi connectivity index (χ1v) is 38.7. The highest BCUT2D eigenvalue weighted by molar-refractivity contribution is 9.11. The fourth-order valence-corrected chi connectivity index (χ4v) is 11.8. The molecular weight excluding hydrogens is 1670 g/mol. The van der Waals surface area contributed by atoms with Crippen LogP contribution in [0.4, 0.5) is 40.8 Å². The quantitative estimate of drug-likeness (QED) is 0.0452. The van der Waals surface area contributed by atoms with Gasteiger partial charge in [0.2, 0.25) is 0 Å². The van der Waals surface area contributed by atoms with Crippen LogP contribution in [0.15, 0.2) is 159 Å². The second-order valence-electron chi connectivity index (χ2n) is 31.6. The fraction of sp³-hybridized carbons (Fsp3) is 0.398. The molecule has 2 fully saturated rings. The molecule has 113 heavy (non-hydrogen) atoms. The number of nitrogen functional groups attached to an aromatic ring is 4. The molecule has 4 aromatic carbocycles. The first kappa shape index (κ1) is 97.1. The molecule has 30 heteroatoms. The number of rotatable bonds is 9. The maximum Gasteiger partial charge on any atom is 0.498 e. The van der Waals surface area contributed by atoms with Crippen LogP contribution >= 0.6 is 59.6 Å². The monoisotopic (exact) mass is 1770 g/mol. The van der Waals surface area contributed by atoms with Gasteiger partial charge in [0.1, 0.15) is 68.9 Å². The molecular formula is C83H105B2Br3F4N8O12S. The van der Waals surface area contributed by atoms with Crippen molar-refractivity contribution in [3.8, 4) is 33.4 Å². The van der Waals surface area contributed by atoms with E-state index in [9.17, 15) is 36.7 Å². The van der Waals surface area contributed by atoms with Crippen molar-refractivity contribution in [1.82, 2.24) is 19.9 Å². The van der Waals surface area contributed by atoms with Crippen LogP contribution in [0, 0.1) is 23.3 Å². The molecule has 0 saturated carbocycles. The van der Waals surface area contributed by atoms with Crippen LogP contribution in [0.5, 0.6) is 0 Å². The molecule has 0 aliphatic carbocycles. The highest BCUT2D eigenvalue weighted by Crippen LogP contribution is 2.41. The van der Waals surface area contributed by atoms with Crippen molar-refractivity contribution in [3.63, 3.8) is 0 Å². The van der Waals surface area contributed by atoms with Gasteiger partial charge in [0.05, 0.1) is 44.7 Å². The number of pyridine rings is 4. The van der Waals surface area contributed by atoms with E-state index in [0.717, 1.165) is 26.6 Å². The van der Waals surface area contributed by atoms with Gasteiger partial charge in [0, 0.05) is 66.1 Å². The molecule has 4 aromatic heterocycles. The van der Waals surface area contributed by atoms with E-state index >= 15 is 0 Å². The number of carbonyl (C=O) groups is 4. The summed E-state index contributed by atoms with van der Waals surface area (Å²) >= 11 is 11.7. The molecule has 0 radical (unpaired) electrons. The second-order valence-corrected chi connectivity index (χ2v) is 35.5. The third-order valence-corrected chi connectivity index (χ3v) is 19.0. The molecule has 3 aliphatic heterocycles. The summed E-state index contributed by atoms with van der Waals surface area (Å²) in [7, 11) is -0.547. The molecule has 0 atom stereocenters. The Bertz CT molecular complexity index is 4530. The van der Waals surface area contributed by atoms with Gasteiger partial charge in [-0.25, -0.2) is 56.7 Å². The predicted octanol–water partition coefficient (Wildman–Crippen LogP) is 20.3. The number of carbonyl (C=O) groups excluding carboxylic acids is 4. The van der Waals surface area contributed by atoms with Crippen LogP contribution in [-0.4, -0.2) is 114 Å². The zero-order valence-electron chi connectivity index (χ0n) is 66.1. The number of esters is 4. The molecule has 0 amide bonds. The summed E-state index contributed by atoms with van der Waals surface area (Å²) in [6.45, 7) is 37.2. The molecule has 7 heterocycles. The van der Waals surface area contributed by atoms with E-state index < -0.39 is 76.7 Å². The van der Waals surface area contributed by atoms with Gasteiger partial charge in [-0.3, -0.25) is 0 Å². The zero-order valence-corrected chi connectivity index (χ0v) is 71.7. The van der Waals surface area contributed by atoms with Crippen molar-refractivity contribution < 1.29 is 74.3 Å². The number of aromatic nitrogens is 4. The lowest BCUT2D eigenvalue weighted by atomic mass is 9.76. The van der Waals surface area contributed by atoms with Crippen LogP contribution in [0.1, 0.15) is 201 Å². The number of thioether (sulfide) groups is 1. The number of nitrogens with zero attached hydrogens (tertiary/aromatic N) is 4. The number of hydrogen-bond donors (Lipinski definition) is 4. The summed E-state index contributed by atoms with van der Waals surface area (Å²) in [4.78, 5) is 63.3. The maximum absolute atomic E-state index is 14.2. The van der Waals surface area contributed by atoms with Gasteiger partial charge in [0.15, 0.2) is 0 Å². The van der Waals surface area contributed by atoms with Crippen molar-refractivity contribution in [2.24, 2.45) is 0 Å². The van der Waals surface area contributed by atoms with E-state index in [1.54, 1.807) is 156 Å². The second kappa shape index (κ2) is 39.9. The molecule has 0 unspecified atom stereocenters. The molecule has 20 nitrogen and oxygen atoms in total. The van der Waals surface area contributed by atoms with E-state index in [2.05, 4.69) is 101 Å². The van der Waals surface area contributed by atoms with Crippen LogP contribution in [0.3, 0.4) is 0 Å². The number of halogens is 7. The Balaban J connectivity index is 0.000000287. The first-order chi connectivity index (χ1) is 51.2. The Labute approximate surface area is 692 Å². The molecule has 3 aliphatic rings. The van der Waals surface area contributed by atoms with E-state index in [1.165, 1.54) is 59.8 Å². The van der Waals surface area contributed by atoms with E-state index in [-0.39, 0.29) is 78.3 Å². The zero-order chi connectivity index (χ0) is 83.3. The molecule has 0 bridgehead atoms. The topological polar surface area (TPSA) is 298 Å². The Morgan fingerprint density at radius 3 is 1.06 bits per heavy atom. The third kappa shape index (κ3) is 28.6. The molecule has 0 spiro atoms. The maximum atomic E-state index is 14.2. The molecule has 610 valence electrons. The number of allylic oxidation sites excluding steroid dienone is 1. The summed E-state index contributed by atoms with van der Waals surface area (Å²) in [5.74, 6) is -1.66. The Morgan fingerprint density at radius 2 is 0.743 bits per heavy atom. The Kier molecular flexibility index (Phi) is 34.3. The molecule has 8 aromatic rings. The number of hydrogen-bond acceptors (Lipinski definition) is 21. The summed E-state index contributed by atoms with van der Waals surface area (Å²) in [5.41, 5.74) is 24.6. The minimum absolute atomic E-state index is 0. The normalized spacial score (nSPS) is 15.0. The average molecular weight is 1780 g/mol. The number of nitrogens with two attached hydrogens (primary N) is 4. The van der Waals surface area contributed by atoms with E-state index in [4.69, 9.17) is 60.5 Å². The summed E-state index contributed by atoms with van der Waals surface area (Å²) in [6, 6.07) is 27.6. The summed E-state index contributed by atoms with van der Waals surface area (Å²) in [6.07, 6.45) is 9.70. The van der Waals surface area contributed by atoms with Crippen LogP contribution in [0.2, 0.25) is 0 Å². The van der Waals surface area contributed by atoms with Gasteiger partial charge in [-0.1, -0.05) is 61.1 Å². The van der Waals surface area contributed by atoms with Crippen LogP contribution in [0.25, 0.3) is 33.4 Å². The minimum Gasteiger partial charge on any atom is -0.456 e. The summed E-state index contributed by atoms with van der Waals surface area (Å²) < 4.78 is 102. The molecule has 11 rings (SSSR count). The minimum atomic E-state index is -0.697. The fourth-order valence-electron chi connectivity index (χ4n) is 9.90. The van der Waals surface area contributed by atoms with Crippen LogP contribution in [-0.2, 0) is 37.6 Å². The highest BCUT2D eigenvalue weighted by Gasteiger charge is 2.53. The van der Waals surface area contributed by atoms with Gasteiger partial charge in [-0.15, -0.1) is 0 Å². The van der Waals surface area contributed by atoms with Crippen molar-refractivity contribution in [3.05, 3.63) is 204 Å². The Hall–Kier alpha value is -8.22. The van der Waals surface area contributed by atoms with Crippen molar-refractivity contribution >= 4 is 126 Å². The van der Waals surface area contributed by atoms with Gasteiger partial charge >= 0.3 is 38.1 Å². The Morgan fingerprint density at radius 1 is 0.425 bits per heavy atom.